The zero-order valence-electron chi connectivity index (χ0n) is 8.34. The Morgan fingerprint density at radius 1 is 1.47 bits per heavy atom. The molecule has 1 rings (SSSR count). The minimum Gasteiger partial charge on any atom is -0.383 e. The highest BCUT2D eigenvalue weighted by Gasteiger charge is 2.29. The summed E-state index contributed by atoms with van der Waals surface area (Å²) in [5.74, 6) is -0.721. The molecule has 86 valence electrons. The van der Waals surface area contributed by atoms with Crippen molar-refractivity contribution < 1.29 is 16.8 Å². The van der Waals surface area contributed by atoms with E-state index in [2.05, 4.69) is 4.40 Å². The molecule has 1 heterocycles. The summed E-state index contributed by atoms with van der Waals surface area (Å²) in [6.45, 7) is 2.98. The molecule has 0 saturated heterocycles. The van der Waals surface area contributed by atoms with Crippen LogP contribution in [-0.2, 0) is 19.9 Å². The molecule has 1 aliphatic rings. The smallest absolute Gasteiger partial charge is 0.281 e. The van der Waals surface area contributed by atoms with E-state index >= 15 is 0 Å². The molecule has 0 fully saturated rings. The van der Waals surface area contributed by atoms with Gasteiger partial charge in [-0.15, -0.1) is 4.40 Å². The van der Waals surface area contributed by atoms with Crippen LogP contribution in [0.1, 0.15) is 13.8 Å². The predicted molar refractivity (Wildman–Crippen MR) is 57.5 cm³/mol. The van der Waals surface area contributed by atoms with E-state index in [0.29, 0.717) is 0 Å². The monoisotopic (exact) mass is 252 g/mol. The largest absolute Gasteiger partial charge is 0.383 e. The van der Waals surface area contributed by atoms with Crippen molar-refractivity contribution in [3.63, 3.8) is 0 Å². The third-order valence-corrected chi connectivity index (χ3v) is 5.64. The van der Waals surface area contributed by atoms with Crippen LogP contribution in [-0.4, -0.2) is 33.7 Å². The standard InChI is InChI=1S/C7H12N2O4S2/c1-5(2)14(10,11)4-6-3-7(8)9-15(6,12)13/h3,5H,4H2,1-2H3,(H2,8,9). The lowest BCUT2D eigenvalue weighted by atomic mass is 10.5. The van der Waals surface area contributed by atoms with Gasteiger partial charge >= 0.3 is 0 Å². The van der Waals surface area contributed by atoms with Gasteiger partial charge in [-0.2, -0.15) is 8.42 Å². The summed E-state index contributed by atoms with van der Waals surface area (Å²) in [6.07, 6.45) is 1.08. The van der Waals surface area contributed by atoms with E-state index in [9.17, 15) is 16.8 Å². The average molecular weight is 252 g/mol. The highest BCUT2D eigenvalue weighted by Crippen LogP contribution is 2.19. The third kappa shape index (κ3) is 2.57. The highest BCUT2D eigenvalue weighted by molar-refractivity contribution is 7.97. The fraction of sp³-hybridized carbons (Fsp3) is 0.571. The summed E-state index contributed by atoms with van der Waals surface area (Å²) in [7, 11) is -7.31. The zero-order chi connectivity index (χ0) is 11.9. The van der Waals surface area contributed by atoms with Gasteiger partial charge in [-0.05, 0) is 19.9 Å². The van der Waals surface area contributed by atoms with E-state index in [1.807, 2.05) is 0 Å². The Balaban J connectivity index is 3.03. The van der Waals surface area contributed by atoms with Crippen LogP contribution in [0.2, 0.25) is 0 Å². The van der Waals surface area contributed by atoms with Crippen LogP contribution in [0.15, 0.2) is 15.4 Å². The van der Waals surface area contributed by atoms with Crippen LogP contribution < -0.4 is 5.73 Å². The Morgan fingerprint density at radius 2 is 2.00 bits per heavy atom. The van der Waals surface area contributed by atoms with Gasteiger partial charge in [-0.25, -0.2) is 8.42 Å². The summed E-state index contributed by atoms with van der Waals surface area (Å²) < 4.78 is 48.7. The van der Waals surface area contributed by atoms with E-state index in [0.717, 1.165) is 6.08 Å². The molecule has 0 aromatic carbocycles. The number of amidine groups is 1. The molecule has 0 unspecified atom stereocenters. The normalized spacial score (nSPS) is 20.2. The molecule has 1 aliphatic heterocycles. The topological polar surface area (TPSA) is 107 Å². The molecule has 0 atom stereocenters. The molecule has 2 N–H and O–H groups in total. The SMILES string of the molecule is CC(C)S(=O)(=O)CC1=CC(N)=NS1(=O)=O. The van der Waals surface area contributed by atoms with E-state index in [4.69, 9.17) is 5.73 Å². The molecule has 0 amide bonds. The Morgan fingerprint density at radius 3 is 2.33 bits per heavy atom. The second-order valence-electron chi connectivity index (χ2n) is 3.46. The van der Waals surface area contributed by atoms with Gasteiger partial charge in [0.2, 0.25) is 0 Å². The molecular formula is C7H12N2O4S2. The van der Waals surface area contributed by atoms with E-state index < -0.39 is 30.9 Å². The molecule has 0 radical (unpaired) electrons. The predicted octanol–water partition coefficient (Wildman–Crippen LogP) is -0.606. The number of rotatable bonds is 3. The fourth-order valence-corrected chi connectivity index (χ4v) is 3.56. The van der Waals surface area contributed by atoms with Gasteiger partial charge in [0.05, 0.1) is 15.9 Å². The van der Waals surface area contributed by atoms with Crippen LogP contribution in [0.25, 0.3) is 0 Å². The molecule has 15 heavy (non-hydrogen) atoms. The summed E-state index contributed by atoms with van der Waals surface area (Å²) in [5, 5.41) is -0.629. The number of sulfonamides is 1. The first-order chi connectivity index (χ1) is 6.65. The fourth-order valence-electron chi connectivity index (χ4n) is 0.944. The second-order valence-corrected chi connectivity index (χ2v) is 7.67. The number of sulfone groups is 1. The van der Waals surface area contributed by atoms with Gasteiger partial charge in [0.15, 0.2) is 9.84 Å². The maximum Gasteiger partial charge on any atom is 0.281 e. The van der Waals surface area contributed by atoms with Crippen molar-refractivity contribution in [1.82, 2.24) is 0 Å². The number of hydrogen-bond donors (Lipinski definition) is 1. The van der Waals surface area contributed by atoms with E-state index in [1.165, 1.54) is 13.8 Å². The van der Waals surface area contributed by atoms with Crippen LogP contribution in [0, 0.1) is 0 Å². The average Bonchev–Trinajstić information content (AvgIpc) is 2.23. The number of nitrogens with zero attached hydrogens (tertiary/aromatic N) is 1. The lowest BCUT2D eigenvalue weighted by Gasteiger charge is -2.06. The zero-order valence-corrected chi connectivity index (χ0v) is 9.97. The quantitative estimate of drug-likeness (QED) is 0.721. The Bertz CT molecular complexity index is 525. The minimum absolute atomic E-state index is 0.177. The molecule has 0 aliphatic carbocycles. The molecule has 8 heteroatoms. The number of hydrogen-bond acceptors (Lipinski definition) is 5. The third-order valence-electron chi connectivity index (χ3n) is 1.93. The van der Waals surface area contributed by atoms with E-state index in [1.54, 1.807) is 0 Å². The Kier molecular flexibility index (Phi) is 2.92. The summed E-state index contributed by atoms with van der Waals surface area (Å²) in [4.78, 5) is -0.256. The minimum atomic E-state index is -3.86. The summed E-state index contributed by atoms with van der Waals surface area (Å²) in [5.41, 5.74) is 5.20. The van der Waals surface area contributed by atoms with Gasteiger partial charge < -0.3 is 5.73 Å². The van der Waals surface area contributed by atoms with E-state index in [-0.39, 0.29) is 10.7 Å². The van der Waals surface area contributed by atoms with Crippen molar-refractivity contribution in [2.75, 3.05) is 5.75 Å². The van der Waals surface area contributed by atoms with Gasteiger partial charge in [0.1, 0.15) is 5.84 Å². The highest BCUT2D eigenvalue weighted by atomic mass is 32.2. The van der Waals surface area contributed by atoms with Crippen molar-refractivity contribution in [2.24, 2.45) is 10.1 Å². The van der Waals surface area contributed by atoms with Crippen LogP contribution >= 0.6 is 0 Å². The van der Waals surface area contributed by atoms with Crippen molar-refractivity contribution in [3.05, 3.63) is 11.0 Å². The number of nitrogens with two attached hydrogens (primary N) is 1. The van der Waals surface area contributed by atoms with Crippen LogP contribution in [0.4, 0.5) is 0 Å². The second kappa shape index (κ2) is 3.60. The van der Waals surface area contributed by atoms with Crippen molar-refractivity contribution >= 4 is 25.7 Å². The molecule has 6 nitrogen and oxygen atoms in total. The maximum atomic E-state index is 11.5. The first-order valence-electron chi connectivity index (χ1n) is 4.18. The summed E-state index contributed by atoms with van der Waals surface area (Å²) in [6, 6.07) is 0. The first kappa shape index (κ1) is 12.2. The Hall–Kier alpha value is -0.890. The van der Waals surface area contributed by atoms with Gasteiger partial charge in [0, 0.05) is 0 Å². The van der Waals surface area contributed by atoms with Crippen molar-refractivity contribution in [2.45, 2.75) is 19.1 Å². The molecular weight excluding hydrogens is 240 g/mol. The van der Waals surface area contributed by atoms with Gasteiger partial charge in [-0.3, -0.25) is 0 Å². The Labute approximate surface area is 88.9 Å². The maximum absolute atomic E-state index is 11.5. The van der Waals surface area contributed by atoms with Crippen LogP contribution in [0.5, 0.6) is 0 Å². The molecule has 0 bridgehead atoms. The lowest BCUT2D eigenvalue weighted by Crippen LogP contribution is -2.20. The van der Waals surface area contributed by atoms with Gasteiger partial charge in [0.25, 0.3) is 10.0 Å². The summed E-state index contributed by atoms with van der Waals surface area (Å²) >= 11 is 0. The van der Waals surface area contributed by atoms with Crippen LogP contribution in [0.3, 0.4) is 0 Å². The molecule has 0 aromatic rings. The van der Waals surface area contributed by atoms with Crippen molar-refractivity contribution in [1.29, 1.82) is 0 Å². The van der Waals surface area contributed by atoms with Crippen molar-refractivity contribution in [3.8, 4) is 0 Å². The lowest BCUT2D eigenvalue weighted by molar-refractivity contribution is 0.587. The molecule has 0 aromatic heterocycles. The molecule has 0 spiro atoms. The first-order valence-corrected chi connectivity index (χ1v) is 7.33. The molecule has 0 saturated carbocycles. The van der Waals surface area contributed by atoms with Gasteiger partial charge in [-0.1, -0.05) is 0 Å².